The molecule has 0 fully saturated rings. The summed E-state index contributed by atoms with van der Waals surface area (Å²) in [6.07, 6.45) is 0.674. The Labute approximate surface area is 204 Å². The number of nitrogens with zero attached hydrogens (tertiary/aromatic N) is 3. The van der Waals surface area contributed by atoms with E-state index in [1.165, 1.54) is 33.9 Å². The topological polar surface area (TPSA) is 46.8 Å². The van der Waals surface area contributed by atoms with Gasteiger partial charge in [0.05, 0.1) is 24.8 Å². The zero-order valence-corrected chi connectivity index (χ0v) is 20.0. The van der Waals surface area contributed by atoms with Crippen LogP contribution in [0, 0.1) is 5.82 Å². The molecule has 35 heavy (non-hydrogen) atoms. The maximum absolute atomic E-state index is 13.5. The van der Waals surface area contributed by atoms with Crippen LogP contribution < -0.4 is 0 Å². The molecule has 5 rings (SSSR count). The predicted molar refractivity (Wildman–Crippen MR) is 138 cm³/mol. The molecule has 1 atom stereocenters. The van der Waals surface area contributed by atoms with Gasteiger partial charge in [-0.3, -0.25) is 9.80 Å². The Morgan fingerprint density at radius 1 is 1.06 bits per heavy atom. The Morgan fingerprint density at radius 3 is 2.54 bits per heavy atom. The fraction of sp³-hybridized carbons (Fsp3) is 0.241. The molecule has 0 radical (unpaired) electrons. The summed E-state index contributed by atoms with van der Waals surface area (Å²) in [7, 11) is 0. The lowest BCUT2D eigenvalue weighted by Crippen LogP contribution is -2.21. The third-order valence-electron chi connectivity index (χ3n) is 6.56. The summed E-state index contributed by atoms with van der Waals surface area (Å²) >= 11 is 0. The highest BCUT2D eigenvalue weighted by atomic mass is 19.1. The van der Waals surface area contributed by atoms with Gasteiger partial charge in [0.1, 0.15) is 5.82 Å². The SMILES string of the molecule is C=C(CC(=O)OCC)N1N=C(c2ccc(F)cc2)CC1c1ccc2c(c1)c1ccccc1n2CC. The standard InChI is InChI=1S/C29H28FN3O2/c1-4-32-26-9-7-6-8-23(26)24-17-21(12-15-27(24)32)28-18-25(20-10-13-22(30)14-11-20)31-33(28)19(3)16-29(34)35-5-2/h6-15,17,28H,3-5,16,18H2,1-2H3. The minimum atomic E-state index is -0.330. The van der Waals surface area contributed by atoms with E-state index in [-0.39, 0.29) is 24.2 Å². The van der Waals surface area contributed by atoms with Crippen molar-refractivity contribution in [3.8, 4) is 0 Å². The molecule has 1 aliphatic rings. The second kappa shape index (κ2) is 9.37. The number of aromatic nitrogens is 1. The number of hydrazone groups is 1. The highest BCUT2D eigenvalue weighted by Crippen LogP contribution is 2.39. The number of rotatable bonds is 7. The van der Waals surface area contributed by atoms with Crippen LogP contribution in [0.1, 0.15) is 43.9 Å². The van der Waals surface area contributed by atoms with Crippen LogP contribution in [-0.4, -0.2) is 27.9 Å². The normalized spacial score (nSPS) is 15.6. The number of para-hydroxylation sites is 1. The van der Waals surface area contributed by atoms with E-state index in [1.807, 2.05) is 5.01 Å². The fourth-order valence-corrected chi connectivity index (χ4v) is 4.96. The maximum Gasteiger partial charge on any atom is 0.311 e. The number of carbonyl (C=O) groups is 1. The van der Waals surface area contributed by atoms with Crippen LogP contribution in [0.5, 0.6) is 0 Å². The Hall–Kier alpha value is -3.93. The first kappa shape index (κ1) is 22.8. The van der Waals surface area contributed by atoms with Crippen molar-refractivity contribution in [2.75, 3.05) is 6.61 Å². The van der Waals surface area contributed by atoms with Crippen molar-refractivity contribution in [3.63, 3.8) is 0 Å². The van der Waals surface area contributed by atoms with E-state index < -0.39 is 0 Å². The molecular weight excluding hydrogens is 441 g/mol. The minimum absolute atomic E-state index is 0.0575. The third-order valence-corrected chi connectivity index (χ3v) is 6.56. The first-order valence-electron chi connectivity index (χ1n) is 12.0. The smallest absolute Gasteiger partial charge is 0.311 e. The number of ether oxygens (including phenoxy) is 1. The summed E-state index contributed by atoms with van der Waals surface area (Å²) in [5.74, 6) is -0.617. The van der Waals surface area contributed by atoms with Crippen LogP contribution in [-0.2, 0) is 16.1 Å². The summed E-state index contributed by atoms with van der Waals surface area (Å²) in [4.78, 5) is 12.2. The van der Waals surface area contributed by atoms with Gasteiger partial charge in [0.2, 0.25) is 0 Å². The molecule has 0 N–H and O–H groups in total. The van der Waals surface area contributed by atoms with E-state index in [2.05, 4.69) is 60.5 Å². The summed E-state index contributed by atoms with van der Waals surface area (Å²) in [5.41, 5.74) is 5.74. The zero-order valence-electron chi connectivity index (χ0n) is 20.0. The first-order valence-corrected chi connectivity index (χ1v) is 12.0. The number of benzene rings is 3. The van der Waals surface area contributed by atoms with Crippen LogP contribution in [0.3, 0.4) is 0 Å². The van der Waals surface area contributed by atoms with Gasteiger partial charge in [-0.15, -0.1) is 0 Å². The van der Waals surface area contributed by atoms with Crippen molar-refractivity contribution in [1.29, 1.82) is 0 Å². The van der Waals surface area contributed by atoms with Gasteiger partial charge in [-0.1, -0.05) is 43.0 Å². The maximum atomic E-state index is 13.5. The van der Waals surface area contributed by atoms with E-state index >= 15 is 0 Å². The number of fused-ring (bicyclic) bond motifs is 3. The number of hydrogen-bond acceptors (Lipinski definition) is 4. The molecule has 2 heterocycles. The van der Waals surface area contributed by atoms with E-state index in [0.717, 1.165) is 23.4 Å². The lowest BCUT2D eigenvalue weighted by atomic mass is 9.96. The highest BCUT2D eigenvalue weighted by Gasteiger charge is 2.31. The summed E-state index contributed by atoms with van der Waals surface area (Å²) in [6.45, 7) is 9.30. The lowest BCUT2D eigenvalue weighted by Gasteiger charge is -2.25. The summed E-state index contributed by atoms with van der Waals surface area (Å²) < 4.78 is 21.0. The fourth-order valence-electron chi connectivity index (χ4n) is 4.96. The van der Waals surface area contributed by atoms with E-state index in [0.29, 0.717) is 18.7 Å². The molecule has 3 aromatic carbocycles. The van der Waals surface area contributed by atoms with Crippen molar-refractivity contribution >= 4 is 33.5 Å². The Morgan fingerprint density at radius 2 is 1.80 bits per heavy atom. The average molecular weight is 470 g/mol. The van der Waals surface area contributed by atoms with Crippen molar-refractivity contribution in [2.45, 2.75) is 39.3 Å². The Balaban J connectivity index is 1.56. The van der Waals surface area contributed by atoms with Crippen LogP contribution >= 0.6 is 0 Å². The van der Waals surface area contributed by atoms with E-state index in [4.69, 9.17) is 9.84 Å². The van der Waals surface area contributed by atoms with Crippen molar-refractivity contribution < 1.29 is 13.9 Å². The van der Waals surface area contributed by atoms with Gasteiger partial charge in [-0.05, 0) is 55.3 Å². The number of esters is 1. The minimum Gasteiger partial charge on any atom is -0.466 e. The molecule has 0 aliphatic carbocycles. The lowest BCUT2D eigenvalue weighted by molar-refractivity contribution is -0.142. The first-order chi connectivity index (χ1) is 17.0. The number of aryl methyl sites for hydroxylation is 1. The monoisotopic (exact) mass is 469 g/mol. The van der Waals surface area contributed by atoms with Gasteiger partial charge in [0.25, 0.3) is 0 Å². The van der Waals surface area contributed by atoms with Gasteiger partial charge < -0.3 is 9.30 Å². The quantitative estimate of drug-likeness (QED) is 0.288. The van der Waals surface area contributed by atoms with E-state index in [1.54, 1.807) is 19.1 Å². The largest absolute Gasteiger partial charge is 0.466 e. The Bertz CT molecular complexity index is 1450. The van der Waals surface area contributed by atoms with Crippen LogP contribution in [0.15, 0.2) is 84.1 Å². The molecule has 5 nitrogen and oxygen atoms in total. The summed E-state index contributed by atoms with van der Waals surface area (Å²) in [6, 6.07) is 21.2. The molecular formula is C29H28FN3O2. The molecule has 4 aromatic rings. The van der Waals surface area contributed by atoms with Crippen molar-refractivity contribution in [2.24, 2.45) is 5.10 Å². The molecule has 1 aliphatic heterocycles. The molecule has 178 valence electrons. The molecule has 1 aromatic heterocycles. The molecule has 6 heteroatoms. The highest BCUT2D eigenvalue weighted by molar-refractivity contribution is 6.08. The molecule has 0 saturated heterocycles. The van der Waals surface area contributed by atoms with Crippen molar-refractivity contribution in [1.82, 2.24) is 9.58 Å². The van der Waals surface area contributed by atoms with Crippen LogP contribution in [0.4, 0.5) is 4.39 Å². The van der Waals surface area contributed by atoms with Gasteiger partial charge in [-0.2, -0.15) is 5.10 Å². The predicted octanol–water partition coefficient (Wildman–Crippen LogP) is 6.57. The second-order valence-corrected chi connectivity index (χ2v) is 8.70. The number of carbonyl (C=O) groups excluding carboxylic acids is 1. The Kier molecular flexibility index (Phi) is 6.12. The third kappa shape index (κ3) is 4.20. The molecule has 0 saturated carbocycles. The molecule has 0 amide bonds. The average Bonchev–Trinajstić information content (AvgIpc) is 3.44. The van der Waals surface area contributed by atoms with Crippen LogP contribution in [0.2, 0.25) is 0 Å². The van der Waals surface area contributed by atoms with Crippen molar-refractivity contribution in [3.05, 3.63) is 96.0 Å². The number of halogens is 1. The van der Waals surface area contributed by atoms with Gasteiger partial charge in [-0.25, -0.2) is 4.39 Å². The van der Waals surface area contributed by atoms with Gasteiger partial charge in [0.15, 0.2) is 0 Å². The molecule has 0 bridgehead atoms. The molecule has 1 unspecified atom stereocenters. The second-order valence-electron chi connectivity index (χ2n) is 8.70. The van der Waals surface area contributed by atoms with Gasteiger partial charge in [0, 0.05) is 40.5 Å². The summed E-state index contributed by atoms with van der Waals surface area (Å²) in [5, 5.41) is 9.06. The van der Waals surface area contributed by atoms with Gasteiger partial charge >= 0.3 is 5.97 Å². The zero-order chi connectivity index (χ0) is 24.5. The molecule has 0 spiro atoms. The van der Waals surface area contributed by atoms with Crippen LogP contribution in [0.25, 0.3) is 21.8 Å². The number of hydrogen-bond donors (Lipinski definition) is 0. The van der Waals surface area contributed by atoms with E-state index in [9.17, 15) is 9.18 Å².